The molecule has 0 radical (unpaired) electrons. The Morgan fingerprint density at radius 3 is 2.81 bits per heavy atom. The van der Waals surface area contributed by atoms with Crippen LogP contribution < -0.4 is 5.32 Å². The number of hydrogen-bond donors (Lipinski definition) is 2. The molecule has 0 bridgehead atoms. The molecular formula is C16H21N3O2. The van der Waals surface area contributed by atoms with Crippen LogP contribution in [0.4, 0.5) is 5.69 Å². The summed E-state index contributed by atoms with van der Waals surface area (Å²) in [6.07, 6.45) is 3.52. The van der Waals surface area contributed by atoms with Crippen LogP contribution in [0, 0.1) is 11.3 Å². The predicted octanol–water partition coefficient (Wildman–Crippen LogP) is 1.54. The Kier molecular flexibility index (Phi) is 5.73. The number of nitrogens with zero attached hydrogens (tertiary/aromatic N) is 2. The summed E-state index contributed by atoms with van der Waals surface area (Å²) >= 11 is 0. The van der Waals surface area contributed by atoms with Gasteiger partial charge in [-0.1, -0.05) is 18.6 Å². The van der Waals surface area contributed by atoms with E-state index in [0.717, 1.165) is 37.1 Å². The molecule has 1 aliphatic heterocycles. The molecule has 1 aromatic rings. The molecule has 5 nitrogen and oxygen atoms in total. The molecule has 0 aromatic heterocycles. The van der Waals surface area contributed by atoms with Crippen LogP contribution >= 0.6 is 0 Å². The van der Waals surface area contributed by atoms with Crippen LogP contribution in [0.2, 0.25) is 0 Å². The third-order valence-corrected chi connectivity index (χ3v) is 3.83. The molecule has 1 saturated heterocycles. The fourth-order valence-electron chi connectivity index (χ4n) is 2.66. The highest BCUT2D eigenvalue weighted by Crippen LogP contribution is 2.16. The summed E-state index contributed by atoms with van der Waals surface area (Å²) in [6, 6.07) is 9.50. The van der Waals surface area contributed by atoms with Gasteiger partial charge in [-0.15, -0.1) is 0 Å². The summed E-state index contributed by atoms with van der Waals surface area (Å²) in [6.45, 7) is 1.28. The maximum atomic E-state index is 12.1. The van der Waals surface area contributed by atoms with Crippen LogP contribution in [0.15, 0.2) is 24.3 Å². The lowest BCUT2D eigenvalue weighted by Gasteiger charge is -2.33. The van der Waals surface area contributed by atoms with Gasteiger partial charge in [0.2, 0.25) is 5.91 Å². The lowest BCUT2D eigenvalue weighted by Crippen LogP contribution is -2.45. The summed E-state index contributed by atoms with van der Waals surface area (Å²) in [5, 5.41) is 20.8. The first-order valence-corrected chi connectivity index (χ1v) is 7.33. The largest absolute Gasteiger partial charge is 0.395 e. The molecular weight excluding hydrogens is 266 g/mol. The summed E-state index contributed by atoms with van der Waals surface area (Å²) in [7, 11) is 0. The minimum atomic E-state index is -0.0663. The van der Waals surface area contributed by atoms with Gasteiger partial charge in [-0.3, -0.25) is 9.69 Å². The van der Waals surface area contributed by atoms with Gasteiger partial charge in [-0.25, -0.2) is 0 Å². The van der Waals surface area contributed by atoms with E-state index in [0.29, 0.717) is 13.0 Å². The number of aliphatic hydroxyl groups excluding tert-OH is 1. The normalized spacial score (nSPS) is 19.0. The average molecular weight is 287 g/mol. The predicted molar refractivity (Wildman–Crippen MR) is 80.7 cm³/mol. The third kappa shape index (κ3) is 4.55. The second-order valence-electron chi connectivity index (χ2n) is 5.38. The SMILES string of the molecule is N#CCc1ccc(NC(=O)CN2CCCCC2CO)cc1. The number of aliphatic hydroxyl groups is 1. The first-order valence-electron chi connectivity index (χ1n) is 7.33. The molecule has 1 amide bonds. The number of amides is 1. The van der Waals surface area contributed by atoms with E-state index in [1.54, 1.807) is 0 Å². The molecule has 1 atom stereocenters. The summed E-state index contributed by atoms with van der Waals surface area (Å²) < 4.78 is 0. The molecule has 2 rings (SSSR count). The number of benzene rings is 1. The van der Waals surface area contributed by atoms with Crippen molar-refractivity contribution in [3.8, 4) is 6.07 Å². The second-order valence-corrected chi connectivity index (χ2v) is 5.38. The second kappa shape index (κ2) is 7.77. The van der Waals surface area contributed by atoms with E-state index in [9.17, 15) is 9.90 Å². The van der Waals surface area contributed by atoms with Crippen molar-refractivity contribution in [3.05, 3.63) is 29.8 Å². The quantitative estimate of drug-likeness (QED) is 0.861. The van der Waals surface area contributed by atoms with E-state index in [1.165, 1.54) is 0 Å². The van der Waals surface area contributed by atoms with Crippen molar-refractivity contribution < 1.29 is 9.90 Å². The Labute approximate surface area is 125 Å². The van der Waals surface area contributed by atoms with Gasteiger partial charge in [-0.2, -0.15) is 5.26 Å². The van der Waals surface area contributed by atoms with Crippen LogP contribution in [0.1, 0.15) is 24.8 Å². The van der Waals surface area contributed by atoms with Crippen LogP contribution in [-0.4, -0.2) is 41.7 Å². The fraction of sp³-hybridized carbons (Fsp3) is 0.500. The van der Waals surface area contributed by atoms with Gasteiger partial charge in [-0.05, 0) is 37.1 Å². The topological polar surface area (TPSA) is 76.4 Å². The standard InChI is InChI=1S/C16H21N3O2/c17-9-8-13-4-6-14(7-5-13)18-16(21)11-19-10-2-1-3-15(19)12-20/h4-7,15,20H,1-3,8,10-12H2,(H,18,21). The van der Waals surface area contributed by atoms with Crippen molar-refractivity contribution in [1.82, 2.24) is 4.90 Å². The number of carbonyl (C=O) groups is 1. The minimum absolute atomic E-state index is 0.0663. The number of piperidine rings is 1. The van der Waals surface area contributed by atoms with Gasteiger partial charge in [0.05, 0.1) is 25.6 Å². The van der Waals surface area contributed by atoms with Crippen LogP contribution in [0.3, 0.4) is 0 Å². The summed E-state index contributed by atoms with van der Waals surface area (Å²) in [5.41, 5.74) is 1.67. The first kappa shape index (κ1) is 15.5. The van der Waals surface area contributed by atoms with Gasteiger partial charge < -0.3 is 10.4 Å². The molecule has 1 fully saturated rings. The van der Waals surface area contributed by atoms with E-state index >= 15 is 0 Å². The fourth-order valence-corrected chi connectivity index (χ4v) is 2.66. The van der Waals surface area contributed by atoms with Crippen molar-refractivity contribution in [2.45, 2.75) is 31.7 Å². The molecule has 0 aliphatic carbocycles. The molecule has 21 heavy (non-hydrogen) atoms. The van der Waals surface area contributed by atoms with Crippen molar-refractivity contribution in [2.24, 2.45) is 0 Å². The van der Waals surface area contributed by atoms with Crippen molar-refractivity contribution >= 4 is 11.6 Å². The monoisotopic (exact) mass is 287 g/mol. The highest BCUT2D eigenvalue weighted by molar-refractivity contribution is 5.92. The maximum Gasteiger partial charge on any atom is 0.238 e. The molecule has 112 valence electrons. The highest BCUT2D eigenvalue weighted by atomic mass is 16.3. The third-order valence-electron chi connectivity index (χ3n) is 3.83. The number of nitrogens with one attached hydrogen (secondary N) is 1. The number of hydrogen-bond acceptors (Lipinski definition) is 4. The summed E-state index contributed by atoms with van der Waals surface area (Å²) in [5.74, 6) is -0.0663. The van der Waals surface area contributed by atoms with E-state index in [2.05, 4.69) is 11.4 Å². The van der Waals surface area contributed by atoms with Gasteiger partial charge in [0.25, 0.3) is 0 Å². The number of anilines is 1. The number of rotatable bonds is 5. The molecule has 0 spiro atoms. The highest BCUT2D eigenvalue weighted by Gasteiger charge is 2.23. The Balaban J connectivity index is 1.87. The van der Waals surface area contributed by atoms with Gasteiger partial charge >= 0.3 is 0 Å². The van der Waals surface area contributed by atoms with Crippen LogP contribution in [-0.2, 0) is 11.2 Å². The van der Waals surface area contributed by atoms with E-state index in [4.69, 9.17) is 5.26 Å². The zero-order valence-corrected chi connectivity index (χ0v) is 12.1. The van der Waals surface area contributed by atoms with E-state index in [1.807, 2.05) is 29.2 Å². The molecule has 1 heterocycles. The average Bonchev–Trinajstić information content (AvgIpc) is 2.50. The Morgan fingerprint density at radius 1 is 1.38 bits per heavy atom. The smallest absolute Gasteiger partial charge is 0.238 e. The zero-order chi connectivity index (χ0) is 15.1. The van der Waals surface area contributed by atoms with Gasteiger partial charge in [0.15, 0.2) is 0 Å². The molecule has 1 aliphatic rings. The van der Waals surface area contributed by atoms with E-state index < -0.39 is 0 Å². The lowest BCUT2D eigenvalue weighted by molar-refractivity contribution is -0.118. The maximum absolute atomic E-state index is 12.1. The summed E-state index contributed by atoms with van der Waals surface area (Å²) in [4.78, 5) is 14.1. The Bertz CT molecular complexity index is 507. The molecule has 1 aromatic carbocycles. The van der Waals surface area contributed by atoms with E-state index in [-0.39, 0.29) is 18.6 Å². The van der Waals surface area contributed by atoms with Gasteiger partial charge in [0, 0.05) is 11.7 Å². The molecule has 5 heteroatoms. The number of carbonyl (C=O) groups excluding carboxylic acids is 1. The Morgan fingerprint density at radius 2 is 2.14 bits per heavy atom. The van der Waals surface area contributed by atoms with Crippen molar-refractivity contribution in [3.63, 3.8) is 0 Å². The Hall–Kier alpha value is -1.90. The van der Waals surface area contributed by atoms with Gasteiger partial charge in [0.1, 0.15) is 0 Å². The minimum Gasteiger partial charge on any atom is -0.395 e. The number of nitriles is 1. The van der Waals surface area contributed by atoms with Crippen LogP contribution in [0.5, 0.6) is 0 Å². The molecule has 1 unspecified atom stereocenters. The van der Waals surface area contributed by atoms with Crippen molar-refractivity contribution in [1.29, 1.82) is 5.26 Å². The lowest BCUT2D eigenvalue weighted by atomic mass is 10.0. The van der Waals surface area contributed by atoms with Crippen LogP contribution in [0.25, 0.3) is 0 Å². The number of likely N-dealkylation sites (tertiary alicyclic amines) is 1. The molecule has 2 N–H and O–H groups in total. The zero-order valence-electron chi connectivity index (χ0n) is 12.1. The van der Waals surface area contributed by atoms with Crippen molar-refractivity contribution in [2.75, 3.05) is 25.0 Å². The first-order chi connectivity index (χ1) is 10.2. The molecule has 0 saturated carbocycles.